The van der Waals surface area contributed by atoms with E-state index in [4.69, 9.17) is 4.74 Å². The van der Waals surface area contributed by atoms with Crippen molar-refractivity contribution in [2.24, 2.45) is 0 Å². The maximum atomic E-state index is 12.0. The van der Waals surface area contributed by atoms with E-state index < -0.39 is 5.60 Å². The van der Waals surface area contributed by atoms with Gasteiger partial charge in [0.25, 0.3) is 0 Å². The summed E-state index contributed by atoms with van der Waals surface area (Å²) in [6.45, 7) is 10.2. The molecule has 2 rings (SSSR count). The number of nitrogens with one attached hydrogen (secondary N) is 1. The molecule has 0 atom stereocenters. The van der Waals surface area contributed by atoms with Gasteiger partial charge in [-0.25, -0.2) is 4.79 Å². The number of rotatable bonds is 4. The van der Waals surface area contributed by atoms with Crippen LogP contribution in [0.4, 0.5) is 4.79 Å². The molecule has 5 heteroatoms. The number of carbonyl (C=O) groups is 2. The number of hydrogen-bond acceptors (Lipinski definition) is 3. The summed E-state index contributed by atoms with van der Waals surface area (Å²) in [5.41, 5.74) is 1.49. The Bertz CT molecular complexity index is 581. The molecule has 1 saturated heterocycles. The summed E-state index contributed by atoms with van der Waals surface area (Å²) in [5, 5.41) is 2.93. The highest BCUT2D eigenvalue weighted by atomic mass is 16.6. The summed E-state index contributed by atoms with van der Waals surface area (Å²) in [6.07, 6.45) is 1.77. The SMILES string of the molecule is C=Cc1ccc(CC(=O)NC2CN(C(=O)OC(C)(C)C)C2)cc1. The lowest BCUT2D eigenvalue weighted by molar-refractivity contribution is -0.122. The minimum absolute atomic E-state index is 0.00228. The van der Waals surface area contributed by atoms with Gasteiger partial charge in [-0.05, 0) is 31.9 Å². The summed E-state index contributed by atoms with van der Waals surface area (Å²) in [4.78, 5) is 25.4. The first-order chi connectivity index (χ1) is 10.8. The number of nitrogens with zero attached hydrogens (tertiary/aromatic N) is 1. The van der Waals surface area contributed by atoms with Gasteiger partial charge in [-0.2, -0.15) is 0 Å². The van der Waals surface area contributed by atoms with Gasteiger partial charge >= 0.3 is 6.09 Å². The Labute approximate surface area is 137 Å². The highest BCUT2D eigenvalue weighted by Gasteiger charge is 2.34. The zero-order valence-corrected chi connectivity index (χ0v) is 14.0. The van der Waals surface area contributed by atoms with Crippen LogP contribution in [0.15, 0.2) is 30.8 Å². The first-order valence-electron chi connectivity index (χ1n) is 7.75. The molecule has 0 aromatic heterocycles. The number of ether oxygens (including phenoxy) is 1. The summed E-state index contributed by atoms with van der Waals surface area (Å²) in [5.74, 6) is -0.0369. The maximum absolute atomic E-state index is 12.0. The molecule has 1 heterocycles. The molecule has 5 nitrogen and oxygen atoms in total. The monoisotopic (exact) mass is 316 g/mol. The minimum Gasteiger partial charge on any atom is -0.444 e. The van der Waals surface area contributed by atoms with Crippen molar-refractivity contribution in [3.05, 3.63) is 42.0 Å². The second-order valence-corrected chi connectivity index (χ2v) is 6.77. The predicted molar refractivity (Wildman–Crippen MR) is 90.0 cm³/mol. The van der Waals surface area contributed by atoms with Crippen LogP contribution in [0, 0.1) is 0 Å². The Hall–Kier alpha value is -2.30. The van der Waals surface area contributed by atoms with Crippen molar-refractivity contribution in [1.82, 2.24) is 10.2 Å². The van der Waals surface area contributed by atoms with E-state index in [0.717, 1.165) is 11.1 Å². The highest BCUT2D eigenvalue weighted by molar-refractivity contribution is 5.79. The number of likely N-dealkylation sites (tertiary alicyclic amines) is 1. The molecule has 0 spiro atoms. The molecule has 0 saturated carbocycles. The van der Waals surface area contributed by atoms with E-state index >= 15 is 0 Å². The van der Waals surface area contributed by atoms with Crippen LogP contribution in [-0.2, 0) is 16.0 Å². The summed E-state index contributed by atoms with van der Waals surface area (Å²) in [6, 6.07) is 7.71. The van der Waals surface area contributed by atoms with Crippen LogP contribution in [0.3, 0.4) is 0 Å². The molecule has 1 aromatic rings. The van der Waals surface area contributed by atoms with Gasteiger partial charge in [-0.15, -0.1) is 0 Å². The average molecular weight is 316 g/mol. The number of hydrogen-bond donors (Lipinski definition) is 1. The standard InChI is InChI=1S/C18H24N2O3/c1-5-13-6-8-14(9-7-13)10-16(21)19-15-11-20(12-15)17(22)23-18(2,3)4/h5-9,15H,1,10-12H2,2-4H3,(H,19,21). The molecule has 1 aliphatic heterocycles. The molecule has 2 amide bonds. The van der Waals surface area contributed by atoms with Crippen LogP contribution < -0.4 is 5.32 Å². The van der Waals surface area contributed by atoms with Gasteiger partial charge in [0.05, 0.1) is 12.5 Å². The molecule has 0 aliphatic carbocycles. The van der Waals surface area contributed by atoms with Crippen LogP contribution in [0.2, 0.25) is 0 Å². The van der Waals surface area contributed by atoms with Gasteiger partial charge in [0.15, 0.2) is 0 Å². The Morgan fingerprint density at radius 2 is 1.91 bits per heavy atom. The van der Waals surface area contributed by atoms with Crippen molar-refractivity contribution in [2.45, 2.75) is 38.8 Å². The first kappa shape index (κ1) is 17.1. The van der Waals surface area contributed by atoms with Crippen molar-refractivity contribution in [3.8, 4) is 0 Å². The molecule has 1 N–H and O–H groups in total. The molecular weight excluding hydrogens is 292 g/mol. The molecule has 23 heavy (non-hydrogen) atoms. The van der Waals surface area contributed by atoms with Crippen molar-refractivity contribution in [1.29, 1.82) is 0 Å². The maximum Gasteiger partial charge on any atom is 0.410 e. The molecule has 0 radical (unpaired) electrons. The fraction of sp³-hybridized carbons (Fsp3) is 0.444. The second-order valence-electron chi connectivity index (χ2n) is 6.77. The first-order valence-corrected chi connectivity index (χ1v) is 7.75. The summed E-state index contributed by atoms with van der Waals surface area (Å²) >= 11 is 0. The van der Waals surface area contributed by atoms with Gasteiger partial charge in [0.1, 0.15) is 5.60 Å². The lowest BCUT2D eigenvalue weighted by Crippen LogP contribution is -2.61. The third-order valence-electron chi connectivity index (χ3n) is 3.48. The summed E-state index contributed by atoms with van der Waals surface area (Å²) < 4.78 is 5.28. The Balaban J connectivity index is 1.73. The average Bonchev–Trinajstić information content (AvgIpc) is 2.41. The third-order valence-corrected chi connectivity index (χ3v) is 3.48. The smallest absolute Gasteiger partial charge is 0.410 e. The normalized spacial score (nSPS) is 14.8. The predicted octanol–water partition coefficient (Wildman–Crippen LogP) is 2.61. The number of benzene rings is 1. The van der Waals surface area contributed by atoms with Crippen LogP contribution in [0.1, 0.15) is 31.9 Å². The number of amides is 2. The van der Waals surface area contributed by atoms with Crippen LogP contribution >= 0.6 is 0 Å². The van der Waals surface area contributed by atoms with E-state index in [1.165, 1.54) is 0 Å². The molecular formula is C18H24N2O3. The van der Waals surface area contributed by atoms with Crippen molar-refractivity contribution in [3.63, 3.8) is 0 Å². The lowest BCUT2D eigenvalue weighted by Gasteiger charge is -2.40. The molecule has 0 unspecified atom stereocenters. The third kappa shape index (κ3) is 5.13. The van der Waals surface area contributed by atoms with E-state index in [1.54, 1.807) is 11.0 Å². The van der Waals surface area contributed by atoms with E-state index in [2.05, 4.69) is 11.9 Å². The molecule has 1 fully saturated rings. The van der Waals surface area contributed by atoms with Gasteiger partial charge in [-0.3, -0.25) is 4.79 Å². The van der Waals surface area contributed by atoms with E-state index in [-0.39, 0.29) is 18.0 Å². The molecule has 0 bridgehead atoms. The van der Waals surface area contributed by atoms with Gasteiger partial charge in [0, 0.05) is 13.1 Å². The van der Waals surface area contributed by atoms with Crippen molar-refractivity contribution < 1.29 is 14.3 Å². The molecule has 124 valence electrons. The minimum atomic E-state index is -0.497. The van der Waals surface area contributed by atoms with E-state index in [0.29, 0.717) is 19.5 Å². The largest absolute Gasteiger partial charge is 0.444 e. The summed E-state index contributed by atoms with van der Waals surface area (Å²) in [7, 11) is 0. The zero-order valence-electron chi connectivity index (χ0n) is 14.0. The second kappa shape index (κ2) is 6.86. The Morgan fingerprint density at radius 3 is 2.43 bits per heavy atom. The fourth-order valence-corrected chi connectivity index (χ4v) is 2.28. The Kier molecular flexibility index (Phi) is 5.08. The quantitative estimate of drug-likeness (QED) is 0.929. The van der Waals surface area contributed by atoms with Gasteiger partial charge in [0.2, 0.25) is 5.91 Å². The van der Waals surface area contributed by atoms with Gasteiger partial charge < -0.3 is 15.0 Å². The van der Waals surface area contributed by atoms with Crippen LogP contribution in [0.5, 0.6) is 0 Å². The zero-order chi connectivity index (χ0) is 17.0. The van der Waals surface area contributed by atoms with E-state index in [1.807, 2.05) is 45.0 Å². The fourth-order valence-electron chi connectivity index (χ4n) is 2.28. The van der Waals surface area contributed by atoms with E-state index in [9.17, 15) is 9.59 Å². The molecule has 1 aromatic carbocycles. The van der Waals surface area contributed by atoms with Crippen molar-refractivity contribution in [2.75, 3.05) is 13.1 Å². The topological polar surface area (TPSA) is 58.6 Å². The molecule has 1 aliphatic rings. The van der Waals surface area contributed by atoms with Crippen LogP contribution in [0.25, 0.3) is 6.08 Å². The van der Waals surface area contributed by atoms with Gasteiger partial charge in [-0.1, -0.05) is 36.9 Å². The lowest BCUT2D eigenvalue weighted by atomic mass is 10.1. The Morgan fingerprint density at radius 1 is 1.30 bits per heavy atom. The highest BCUT2D eigenvalue weighted by Crippen LogP contribution is 2.15. The van der Waals surface area contributed by atoms with Crippen LogP contribution in [-0.4, -0.2) is 41.6 Å². The van der Waals surface area contributed by atoms with Crippen molar-refractivity contribution >= 4 is 18.1 Å². The number of carbonyl (C=O) groups excluding carboxylic acids is 2.